The van der Waals surface area contributed by atoms with Crippen LogP contribution in [-0.4, -0.2) is 72.3 Å². The van der Waals surface area contributed by atoms with Gasteiger partial charge in [-0.2, -0.15) is 9.78 Å². The number of rotatable bonds is 6. The zero-order valence-corrected chi connectivity index (χ0v) is 17.1. The van der Waals surface area contributed by atoms with Gasteiger partial charge in [-0.05, 0) is 46.8 Å². The summed E-state index contributed by atoms with van der Waals surface area (Å²) in [5.74, 6) is 0.474. The standard InChI is InChI=1S/C20H18N8O5/c29-19(16-2-1-7-30-16)23-14-8-31-18-15(9-32-17(14)18)28-20(24-25-26-28)33-13-5-3-12(4-6-13)27-11-21-10-22-27/h1-7,10-11,14-15,17-18H,8-9H2,(H,23,29)/t14-,15-,17+,18+/m0/s1. The van der Waals surface area contributed by atoms with Gasteiger partial charge in [0.25, 0.3) is 5.91 Å². The Kier molecular flexibility index (Phi) is 4.81. The molecule has 2 fully saturated rings. The van der Waals surface area contributed by atoms with E-state index in [-0.39, 0.29) is 42.0 Å². The first-order valence-electron chi connectivity index (χ1n) is 10.2. The molecule has 4 atom stereocenters. The lowest BCUT2D eigenvalue weighted by Crippen LogP contribution is -2.44. The van der Waals surface area contributed by atoms with Crippen molar-refractivity contribution < 1.29 is 23.4 Å². The summed E-state index contributed by atoms with van der Waals surface area (Å²) in [7, 11) is 0. The predicted molar refractivity (Wildman–Crippen MR) is 108 cm³/mol. The number of carbonyl (C=O) groups is 1. The molecule has 0 bridgehead atoms. The average Bonchev–Trinajstić information content (AvgIpc) is 3.65. The van der Waals surface area contributed by atoms with Crippen LogP contribution in [-0.2, 0) is 9.47 Å². The summed E-state index contributed by atoms with van der Waals surface area (Å²) in [5, 5.41) is 18.8. The largest absolute Gasteiger partial charge is 0.459 e. The highest BCUT2D eigenvalue weighted by molar-refractivity contribution is 5.91. The fourth-order valence-corrected chi connectivity index (χ4v) is 4.03. The molecule has 1 aromatic carbocycles. The molecule has 0 aliphatic carbocycles. The number of benzene rings is 1. The molecule has 3 aromatic heterocycles. The number of aromatic nitrogens is 7. The zero-order valence-electron chi connectivity index (χ0n) is 17.1. The molecule has 6 rings (SSSR count). The zero-order chi connectivity index (χ0) is 22.2. The van der Waals surface area contributed by atoms with Crippen LogP contribution >= 0.6 is 0 Å². The lowest BCUT2D eigenvalue weighted by molar-refractivity contribution is 0.0605. The minimum atomic E-state index is -0.340. The van der Waals surface area contributed by atoms with Crippen molar-refractivity contribution in [3.05, 3.63) is 61.1 Å². The highest BCUT2D eigenvalue weighted by Crippen LogP contribution is 2.36. The Morgan fingerprint density at radius 3 is 2.79 bits per heavy atom. The Bertz CT molecular complexity index is 1220. The van der Waals surface area contributed by atoms with Gasteiger partial charge >= 0.3 is 6.01 Å². The van der Waals surface area contributed by atoms with E-state index >= 15 is 0 Å². The monoisotopic (exact) mass is 450 g/mol. The quantitative estimate of drug-likeness (QED) is 0.447. The number of amides is 1. The van der Waals surface area contributed by atoms with Crippen molar-refractivity contribution in [1.82, 2.24) is 40.3 Å². The Morgan fingerprint density at radius 2 is 2.00 bits per heavy atom. The van der Waals surface area contributed by atoms with E-state index in [0.29, 0.717) is 19.0 Å². The van der Waals surface area contributed by atoms with E-state index in [1.165, 1.54) is 12.6 Å². The van der Waals surface area contributed by atoms with Gasteiger partial charge in [0.1, 0.15) is 36.7 Å². The lowest BCUT2D eigenvalue weighted by atomic mass is 10.1. The van der Waals surface area contributed by atoms with Crippen LogP contribution in [0, 0.1) is 0 Å². The number of hydrogen-bond acceptors (Lipinski definition) is 10. The van der Waals surface area contributed by atoms with E-state index in [9.17, 15) is 4.79 Å². The molecule has 0 unspecified atom stereocenters. The van der Waals surface area contributed by atoms with Crippen molar-refractivity contribution in [2.75, 3.05) is 13.2 Å². The van der Waals surface area contributed by atoms with Gasteiger partial charge in [0.15, 0.2) is 5.76 Å². The number of nitrogens with one attached hydrogen (secondary N) is 1. The number of carbonyl (C=O) groups excluding carboxylic acids is 1. The molecule has 2 aliphatic heterocycles. The number of hydrogen-bond donors (Lipinski definition) is 1. The lowest BCUT2D eigenvalue weighted by Gasteiger charge is -2.17. The highest BCUT2D eigenvalue weighted by atomic mass is 16.6. The Hall–Kier alpha value is -4.10. The summed E-state index contributed by atoms with van der Waals surface area (Å²) >= 11 is 0. The van der Waals surface area contributed by atoms with Crippen molar-refractivity contribution in [3.8, 4) is 17.4 Å². The molecule has 1 N–H and O–H groups in total. The molecule has 33 heavy (non-hydrogen) atoms. The molecule has 0 saturated carbocycles. The highest BCUT2D eigenvalue weighted by Gasteiger charge is 2.50. The van der Waals surface area contributed by atoms with Gasteiger partial charge in [0.2, 0.25) is 0 Å². The maximum Gasteiger partial charge on any atom is 0.341 e. The molecule has 168 valence electrons. The number of fused-ring (bicyclic) bond motifs is 1. The molecule has 0 radical (unpaired) electrons. The van der Waals surface area contributed by atoms with Gasteiger partial charge in [0.05, 0.1) is 31.2 Å². The first kappa shape index (κ1) is 19.6. The molecule has 13 nitrogen and oxygen atoms in total. The van der Waals surface area contributed by atoms with Crippen LogP contribution < -0.4 is 10.1 Å². The second kappa shape index (κ2) is 8.11. The van der Waals surface area contributed by atoms with Gasteiger partial charge < -0.3 is 23.9 Å². The molecule has 1 amide bonds. The van der Waals surface area contributed by atoms with Crippen molar-refractivity contribution in [1.29, 1.82) is 0 Å². The molecular weight excluding hydrogens is 432 g/mol. The van der Waals surface area contributed by atoms with Crippen molar-refractivity contribution in [2.45, 2.75) is 24.3 Å². The minimum Gasteiger partial charge on any atom is -0.459 e. The fourth-order valence-electron chi connectivity index (χ4n) is 4.03. The molecule has 5 heterocycles. The van der Waals surface area contributed by atoms with Crippen molar-refractivity contribution in [3.63, 3.8) is 0 Å². The minimum absolute atomic E-state index is 0.212. The molecule has 2 saturated heterocycles. The van der Waals surface area contributed by atoms with Gasteiger partial charge in [-0.25, -0.2) is 9.67 Å². The third-order valence-electron chi connectivity index (χ3n) is 5.59. The SMILES string of the molecule is O=C(N[C@H]1CO[C@H]2[C@@H]1OC[C@@H]2n1nnnc1Oc1ccc(-n2cncn2)cc1)c1ccco1. The smallest absolute Gasteiger partial charge is 0.341 e. The van der Waals surface area contributed by atoms with Gasteiger partial charge in [-0.15, -0.1) is 0 Å². The van der Waals surface area contributed by atoms with Crippen LogP contribution in [0.5, 0.6) is 11.8 Å². The van der Waals surface area contributed by atoms with Crippen LogP contribution in [0.25, 0.3) is 5.69 Å². The maximum absolute atomic E-state index is 12.3. The van der Waals surface area contributed by atoms with E-state index in [0.717, 1.165) is 5.69 Å². The van der Waals surface area contributed by atoms with Crippen molar-refractivity contribution in [2.24, 2.45) is 0 Å². The van der Waals surface area contributed by atoms with Crippen LogP contribution in [0.4, 0.5) is 0 Å². The molecule has 0 spiro atoms. The topological polar surface area (TPSA) is 144 Å². The van der Waals surface area contributed by atoms with E-state index in [4.69, 9.17) is 18.6 Å². The third kappa shape index (κ3) is 3.62. The number of furan rings is 1. The first-order chi connectivity index (χ1) is 16.3. The average molecular weight is 450 g/mol. The van der Waals surface area contributed by atoms with Crippen LogP contribution in [0.1, 0.15) is 16.6 Å². The van der Waals surface area contributed by atoms with Crippen molar-refractivity contribution >= 4 is 5.91 Å². The summed E-state index contributed by atoms with van der Waals surface area (Å²) in [6, 6.07) is 10.1. The Morgan fingerprint density at radius 1 is 1.12 bits per heavy atom. The second-order valence-corrected chi connectivity index (χ2v) is 7.56. The van der Waals surface area contributed by atoms with Gasteiger partial charge in [-0.3, -0.25) is 4.79 Å². The molecule has 13 heteroatoms. The Balaban J connectivity index is 1.14. The van der Waals surface area contributed by atoms with E-state index in [1.807, 2.05) is 12.1 Å². The summed E-state index contributed by atoms with van der Waals surface area (Å²) in [5.41, 5.74) is 0.841. The van der Waals surface area contributed by atoms with E-state index in [1.54, 1.807) is 40.0 Å². The Labute approximate surface area is 186 Å². The summed E-state index contributed by atoms with van der Waals surface area (Å²) in [6.07, 6.45) is 3.85. The predicted octanol–water partition coefficient (Wildman–Crippen LogP) is 0.776. The normalized spacial score (nSPS) is 24.0. The summed E-state index contributed by atoms with van der Waals surface area (Å²) in [4.78, 5) is 16.3. The van der Waals surface area contributed by atoms with Gasteiger partial charge in [-0.1, -0.05) is 5.10 Å². The summed E-state index contributed by atoms with van der Waals surface area (Å²) in [6.45, 7) is 0.620. The van der Waals surface area contributed by atoms with Crippen LogP contribution in [0.3, 0.4) is 0 Å². The van der Waals surface area contributed by atoms with Crippen LogP contribution in [0.15, 0.2) is 59.7 Å². The second-order valence-electron chi connectivity index (χ2n) is 7.56. The fraction of sp³-hybridized carbons (Fsp3) is 0.300. The number of tetrazole rings is 1. The maximum atomic E-state index is 12.3. The molecule has 4 aromatic rings. The van der Waals surface area contributed by atoms with Gasteiger partial charge in [0, 0.05) is 0 Å². The summed E-state index contributed by atoms with van der Waals surface area (Å²) < 4.78 is 26.1. The molecular formula is C20H18N8O5. The van der Waals surface area contributed by atoms with E-state index < -0.39 is 0 Å². The first-order valence-corrected chi connectivity index (χ1v) is 10.2. The molecule has 2 aliphatic rings. The number of nitrogens with zero attached hydrogens (tertiary/aromatic N) is 7. The van der Waals surface area contributed by atoms with Crippen LogP contribution in [0.2, 0.25) is 0 Å². The third-order valence-corrected chi connectivity index (χ3v) is 5.59. The van der Waals surface area contributed by atoms with E-state index in [2.05, 4.69) is 30.9 Å². The number of ether oxygens (including phenoxy) is 3.